The van der Waals surface area contributed by atoms with Crippen LogP contribution in [0.25, 0.3) is 5.69 Å². The van der Waals surface area contributed by atoms with Crippen molar-refractivity contribution in [2.45, 2.75) is 44.2 Å². The third kappa shape index (κ3) is 4.17. The Balaban J connectivity index is 1.64. The first-order valence-corrected chi connectivity index (χ1v) is 9.61. The number of carbonyl (C=O) groups excluding carboxylic acids is 1. The van der Waals surface area contributed by atoms with Gasteiger partial charge in [0.2, 0.25) is 5.91 Å². The Bertz CT molecular complexity index is 677. The van der Waals surface area contributed by atoms with Crippen LogP contribution in [-0.2, 0) is 4.79 Å². The van der Waals surface area contributed by atoms with Gasteiger partial charge in [-0.2, -0.15) is 0 Å². The highest BCUT2D eigenvalue weighted by molar-refractivity contribution is 7.99. The molecule has 5 nitrogen and oxygen atoms in total. The molecule has 0 bridgehead atoms. The summed E-state index contributed by atoms with van der Waals surface area (Å²) in [7, 11) is 0. The van der Waals surface area contributed by atoms with E-state index in [2.05, 4.69) is 23.2 Å². The second kappa shape index (κ2) is 8.33. The van der Waals surface area contributed by atoms with Crippen molar-refractivity contribution in [2.75, 3.05) is 18.8 Å². The van der Waals surface area contributed by atoms with Crippen LogP contribution in [0.5, 0.6) is 0 Å². The molecular weight excluding hydrogens is 320 g/mol. The van der Waals surface area contributed by atoms with Gasteiger partial charge in [-0.25, -0.2) is 0 Å². The van der Waals surface area contributed by atoms with Gasteiger partial charge in [0.25, 0.3) is 0 Å². The lowest BCUT2D eigenvalue weighted by molar-refractivity contribution is -0.128. The maximum atomic E-state index is 12.5. The smallest absolute Gasteiger partial charge is 0.233 e. The lowest BCUT2D eigenvalue weighted by Crippen LogP contribution is -2.35. The topological polar surface area (TPSA) is 51.0 Å². The zero-order valence-electron chi connectivity index (χ0n) is 14.1. The zero-order valence-corrected chi connectivity index (χ0v) is 15.0. The van der Waals surface area contributed by atoms with Gasteiger partial charge in [-0.1, -0.05) is 49.2 Å². The Morgan fingerprint density at radius 3 is 2.58 bits per heavy atom. The Hall–Kier alpha value is -1.82. The fourth-order valence-electron chi connectivity index (χ4n) is 3.04. The van der Waals surface area contributed by atoms with Crippen molar-refractivity contribution in [3.8, 4) is 5.69 Å². The van der Waals surface area contributed by atoms with Crippen molar-refractivity contribution in [2.24, 2.45) is 0 Å². The second-order valence-corrected chi connectivity index (χ2v) is 7.15. The molecular formula is C18H24N4OS. The maximum absolute atomic E-state index is 12.5. The Morgan fingerprint density at radius 2 is 1.83 bits per heavy atom. The fraction of sp³-hybridized carbons (Fsp3) is 0.500. The van der Waals surface area contributed by atoms with E-state index < -0.39 is 0 Å². The van der Waals surface area contributed by atoms with Crippen LogP contribution in [0.2, 0.25) is 0 Å². The maximum Gasteiger partial charge on any atom is 0.233 e. The van der Waals surface area contributed by atoms with Gasteiger partial charge in [0.05, 0.1) is 11.4 Å². The van der Waals surface area contributed by atoms with Gasteiger partial charge < -0.3 is 4.90 Å². The molecule has 0 unspecified atom stereocenters. The zero-order chi connectivity index (χ0) is 16.8. The van der Waals surface area contributed by atoms with Crippen molar-refractivity contribution in [3.63, 3.8) is 0 Å². The number of amides is 1. The number of carbonyl (C=O) groups is 1. The average molecular weight is 344 g/mol. The van der Waals surface area contributed by atoms with E-state index in [1.165, 1.54) is 31.0 Å². The molecule has 0 atom stereocenters. The standard InChI is InChI=1S/C18H24N4OS/c1-15-9-5-6-10-16(15)22-14-19-20-18(22)24-13-17(23)21-11-7-3-2-4-8-12-21/h5-6,9-10,14H,2-4,7-8,11-13H2,1H3. The fourth-order valence-corrected chi connectivity index (χ4v) is 3.86. The van der Waals surface area contributed by atoms with E-state index in [1.54, 1.807) is 6.33 Å². The molecule has 0 radical (unpaired) electrons. The molecule has 24 heavy (non-hydrogen) atoms. The van der Waals surface area contributed by atoms with Gasteiger partial charge in [0.15, 0.2) is 5.16 Å². The molecule has 6 heteroatoms. The van der Waals surface area contributed by atoms with Gasteiger partial charge in [-0.15, -0.1) is 10.2 Å². The summed E-state index contributed by atoms with van der Waals surface area (Å²) in [4.78, 5) is 14.5. The molecule has 1 saturated heterocycles. The molecule has 1 fully saturated rings. The minimum Gasteiger partial charge on any atom is -0.342 e. The van der Waals surface area contributed by atoms with Crippen molar-refractivity contribution in [1.82, 2.24) is 19.7 Å². The molecule has 1 aromatic carbocycles. The molecule has 3 rings (SSSR count). The van der Waals surface area contributed by atoms with Crippen LogP contribution in [-0.4, -0.2) is 44.4 Å². The first kappa shape index (κ1) is 17.0. The third-order valence-electron chi connectivity index (χ3n) is 4.42. The lowest BCUT2D eigenvalue weighted by atomic mass is 10.1. The summed E-state index contributed by atoms with van der Waals surface area (Å²) in [5.74, 6) is 0.631. The van der Waals surface area contributed by atoms with Crippen molar-refractivity contribution in [1.29, 1.82) is 0 Å². The average Bonchev–Trinajstić information content (AvgIpc) is 3.01. The summed E-state index contributed by atoms with van der Waals surface area (Å²) in [5.41, 5.74) is 2.22. The molecule has 1 aromatic heterocycles. The first-order chi connectivity index (χ1) is 11.8. The summed E-state index contributed by atoms with van der Waals surface area (Å²) in [5, 5.41) is 8.98. The normalized spacial score (nSPS) is 15.8. The van der Waals surface area contributed by atoms with E-state index in [-0.39, 0.29) is 5.91 Å². The van der Waals surface area contributed by atoms with Gasteiger partial charge in [-0.3, -0.25) is 9.36 Å². The highest BCUT2D eigenvalue weighted by atomic mass is 32.2. The molecule has 1 aliphatic heterocycles. The largest absolute Gasteiger partial charge is 0.342 e. The molecule has 2 heterocycles. The highest BCUT2D eigenvalue weighted by Gasteiger charge is 2.17. The van der Waals surface area contributed by atoms with E-state index in [4.69, 9.17) is 0 Å². The van der Waals surface area contributed by atoms with Gasteiger partial charge >= 0.3 is 0 Å². The Morgan fingerprint density at radius 1 is 1.12 bits per heavy atom. The van der Waals surface area contributed by atoms with Crippen molar-refractivity contribution in [3.05, 3.63) is 36.2 Å². The Labute approximate surface area is 147 Å². The van der Waals surface area contributed by atoms with Crippen molar-refractivity contribution >= 4 is 17.7 Å². The van der Waals surface area contributed by atoms with Crippen LogP contribution in [0.3, 0.4) is 0 Å². The number of nitrogens with zero attached hydrogens (tertiary/aromatic N) is 4. The lowest BCUT2D eigenvalue weighted by Gasteiger charge is -2.24. The summed E-state index contributed by atoms with van der Waals surface area (Å²) in [6, 6.07) is 8.13. The van der Waals surface area contributed by atoms with E-state index in [0.29, 0.717) is 5.75 Å². The minimum absolute atomic E-state index is 0.209. The van der Waals surface area contributed by atoms with Gasteiger partial charge in [0.1, 0.15) is 6.33 Å². The Kier molecular flexibility index (Phi) is 5.91. The quantitative estimate of drug-likeness (QED) is 0.797. The number of rotatable bonds is 4. The predicted molar refractivity (Wildman–Crippen MR) is 96.5 cm³/mol. The van der Waals surface area contributed by atoms with Gasteiger partial charge in [-0.05, 0) is 31.4 Å². The molecule has 128 valence electrons. The first-order valence-electron chi connectivity index (χ1n) is 8.62. The van der Waals surface area contributed by atoms with Crippen molar-refractivity contribution < 1.29 is 4.79 Å². The summed E-state index contributed by atoms with van der Waals surface area (Å²) in [6.45, 7) is 3.85. The number of aromatic nitrogens is 3. The summed E-state index contributed by atoms with van der Waals surface area (Å²) in [6.07, 6.45) is 7.73. The van der Waals surface area contributed by atoms with Crippen LogP contribution in [0.4, 0.5) is 0 Å². The number of aryl methyl sites for hydroxylation is 1. The van der Waals surface area contributed by atoms with E-state index in [0.717, 1.165) is 42.3 Å². The number of hydrogen-bond acceptors (Lipinski definition) is 4. The van der Waals surface area contributed by atoms with Crippen LogP contribution in [0.15, 0.2) is 35.7 Å². The molecule has 0 spiro atoms. The SMILES string of the molecule is Cc1ccccc1-n1cnnc1SCC(=O)N1CCCCCCC1. The minimum atomic E-state index is 0.209. The van der Waals surface area contributed by atoms with E-state index in [1.807, 2.05) is 27.7 Å². The van der Waals surface area contributed by atoms with Crippen LogP contribution < -0.4 is 0 Å². The van der Waals surface area contributed by atoms with Crippen LogP contribution in [0.1, 0.15) is 37.7 Å². The molecule has 2 aromatic rings. The molecule has 0 saturated carbocycles. The molecule has 1 amide bonds. The summed E-state index contributed by atoms with van der Waals surface area (Å²) < 4.78 is 1.96. The summed E-state index contributed by atoms with van der Waals surface area (Å²) >= 11 is 1.47. The molecule has 1 aliphatic rings. The van der Waals surface area contributed by atoms with E-state index >= 15 is 0 Å². The number of hydrogen-bond donors (Lipinski definition) is 0. The third-order valence-corrected chi connectivity index (χ3v) is 5.35. The number of para-hydroxylation sites is 1. The van der Waals surface area contributed by atoms with Gasteiger partial charge in [0, 0.05) is 13.1 Å². The van der Waals surface area contributed by atoms with E-state index in [9.17, 15) is 4.79 Å². The molecule has 0 aliphatic carbocycles. The number of likely N-dealkylation sites (tertiary alicyclic amines) is 1. The second-order valence-electron chi connectivity index (χ2n) is 6.21. The number of thioether (sulfide) groups is 1. The molecule has 0 N–H and O–H groups in total. The van der Waals surface area contributed by atoms with Crippen LogP contribution >= 0.6 is 11.8 Å². The highest BCUT2D eigenvalue weighted by Crippen LogP contribution is 2.22. The monoisotopic (exact) mass is 344 g/mol. The predicted octanol–water partition coefficient (Wildman–Crippen LogP) is 3.46. The van der Waals surface area contributed by atoms with Crippen LogP contribution in [0, 0.1) is 6.92 Å². The number of benzene rings is 1.